The molecule has 1 saturated heterocycles. The second-order valence-corrected chi connectivity index (χ2v) is 7.18. The van der Waals surface area contributed by atoms with Crippen LogP contribution in [0.15, 0.2) is 53.1 Å². The summed E-state index contributed by atoms with van der Waals surface area (Å²) in [5, 5.41) is 0. The van der Waals surface area contributed by atoms with Gasteiger partial charge in [0.15, 0.2) is 11.6 Å². The second-order valence-electron chi connectivity index (χ2n) is 7.18. The first-order chi connectivity index (χ1) is 13.6. The molecular weight excluding hydrogens is 357 g/mol. The zero-order chi connectivity index (χ0) is 19.5. The summed E-state index contributed by atoms with van der Waals surface area (Å²) in [4.78, 5) is 23.2. The molecule has 0 bridgehead atoms. The zero-order valence-electron chi connectivity index (χ0n) is 15.8. The smallest absolute Gasteiger partial charge is 0.275 e. The number of hydrogen-bond donors (Lipinski definition) is 0. The van der Waals surface area contributed by atoms with Gasteiger partial charge in [-0.1, -0.05) is 18.2 Å². The molecule has 1 aliphatic rings. The molecule has 2 aromatic heterocycles. The fourth-order valence-electron chi connectivity index (χ4n) is 3.68. The van der Waals surface area contributed by atoms with Gasteiger partial charge in [-0.05, 0) is 42.7 Å². The Morgan fingerprint density at radius 2 is 1.96 bits per heavy atom. The maximum atomic E-state index is 13.4. The summed E-state index contributed by atoms with van der Waals surface area (Å²) in [7, 11) is 0. The molecule has 0 N–H and O–H groups in total. The molecule has 6 heteroatoms. The van der Waals surface area contributed by atoms with Crippen molar-refractivity contribution in [1.29, 1.82) is 0 Å². The fourth-order valence-corrected chi connectivity index (χ4v) is 3.68. The normalized spacial score (nSPS) is 15.0. The van der Waals surface area contributed by atoms with E-state index in [2.05, 4.69) is 4.98 Å². The van der Waals surface area contributed by atoms with Crippen LogP contribution in [0.5, 0.6) is 0 Å². The Morgan fingerprint density at radius 3 is 2.68 bits per heavy atom. The molecule has 3 heterocycles. The van der Waals surface area contributed by atoms with Crippen molar-refractivity contribution in [3.05, 3.63) is 83.1 Å². The average molecular weight is 379 g/mol. The van der Waals surface area contributed by atoms with Crippen molar-refractivity contribution in [2.75, 3.05) is 13.1 Å². The molecule has 1 aliphatic heterocycles. The number of aryl methyl sites for hydroxylation is 1. The van der Waals surface area contributed by atoms with Gasteiger partial charge in [0.25, 0.3) is 5.91 Å². The Kier molecular flexibility index (Phi) is 5.19. The summed E-state index contributed by atoms with van der Waals surface area (Å²) in [5.41, 5.74) is 3.25. The van der Waals surface area contributed by atoms with E-state index < -0.39 is 0 Å². The third-order valence-corrected chi connectivity index (χ3v) is 5.14. The van der Waals surface area contributed by atoms with Crippen LogP contribution in [-0.2, 0) is 6.42 Å². The maximum Gasteiger partial charge on any atom is 0.275 e. The predicted octanol–water partition coefficient (Wildman–Crippen LogP) is 4.13. The number of piperidine rings is 1. The molecule has 3 aromatic rings. The number of halogens is 1. The number of oxazole rings is 1. The lowest BCUT2D eigenvalue weighted by molar-refractivity contribution is 0.0706. The van der Waals surface area contributed by atoms with E-state index in [0.717, 1.165) is 29.8 Å². The van der Waals surface area contributed by atoms with Crippen molar-refractivity contribution in [2.45, 2.75) is 32.1 Å². The number of carbonyl (C=O) groups is 1. The van der Waals surface area contributed by atoms with Crippen LogP contribution in [0, 0.1) is 12.7 Å². The minimum absolute atomic E-state index is 0.0804. The number of aromatic nitrogens is 2. The minimum Gasteiger partial charge on any atom is -0.448 e. The summed E-state index contributed by atoms with van der Waals surface area (Å²) >= 11 is 0. The number of hydrogen-bond acceptors (Lipinski definition) is 4. The summed E-state index contributed by atoms with van der Waals surface area (Å²) in [5.74, 6) is 0.504. The van der Waals surface area contributed by atoms with Crippen LogP contribution in [-0.4, -0.2) is 33.9 Å². The highest BCUT2D eigenvalue weighted by atomic mass is 19.1. The lowest BCUT2D eigenvalue weighted by Gasteiger charge is -2.31. The first kappa shape index (κ1) is 18.3. The number of nitrogens with zero attached hydrogens (tertiary/aromatic N) is 3. The standard InChI is InChI=1S/C22H22FN3O2/c1-15-24-21(14-28-15)22(27)26-10-8-17(9-11-26)20-7-3-6-19(25-20)13-16-4-2-5-18(23)12-16/h2-7,12,14,17H,8-11,13H2,1H3. The Balaban J connectivity index is 1.40. The van der Waals surface area contributed by atoms with E-state index in [4.69, 9.17) is 9.40 Å². The molecule has 0 unspecified atom stereocenters. The van der Waals surface area contributed by atoms with Crippen molar-refractivity contribution < 1.29 is 13.6 Å². The molecule has 28 heavy (non-hydrogen) atoms. The molecule has 1 aromatic carbocycles. The second kappa shape index (κ2) is 7.92. The van der Waals surface area contributed by atoms with Gasteiger partial charge in [-0.25, -0.2) is 9.37 Å². The van der Waals surface area contributed by atoms with Gasteiger partial charge in [0, 0.05) is 43.7 Å². The number of rotatable bonds is 4. The van der Waals surface area contributed by atoms with Gasteiger partial charge in [-0.3, -0.25) is 9.78 Å². The monoisotopic (exact) mass is 379 g/mol. The third kappa shape index (κ3) is 4.11. The van der Waals surface area contributed by atoms with Crippen LogP contribution in [0.4, 0.5) is 4.39 Å². The van der Waals surface area contributed by atoms with Crippen molar-refractivity contribution in [1.82, 2.24) is 14.9 Å². The average Bonchev–Trinajstić information content (AvgIpc) is 3.14. The van der Waals surface area contributed by atoms with E-state index >= 15 is 0 Å². The van der Waals surface area contributed by atoms with Crippen LogP contribution in [0.3, 0.4) is 0 Å². The fraction of sp³-hybridized carbons (Fsp3) is 0.318. The van der Waals surface area contributed by atoms with Crippen molar-refractivity contribution >= 4 is 5.91 Å². The van der Waals surface area contributed by atoms with Crippen LogP contribution in [0.1, 0.15) is 52.1 Å². The lowest BCUT2D eigenvalue weighted by Crippen LogP contribution is -2.38. The van der Waals surface area contributed by atoms with Gasteiger partial charge in [-0.15, -0.1) is 0 Å². The quantitative estimate of drug-likeness (QED) is 0.684. The molecule has 1 amide bonds. The highest BCUT2D eigenvalue weighted by Gasteiger charge is 2.26. The first-order valence-corrected chi connectivity index (χ1v) is 9.50. The molecule has 0 spiro atoms. The molecule has 5 nitrogen and oxygen atoms in total. The summed E-state index contributed by atoms with van der Waals surface area (Å²) in [6.45, 7) is 3.07. The number of pyridine rings is 1. The Hall–Kier alpha value is -3.02. The third-order valence-electron chi connectivity index (χ3n) is 5.14. The van der Waals surface area contributed by atoms with Crippen molar-refractivity contribution in [2.24, 2.45) is 0 Å². The van der Waals surface area contributed by atoms with E-state index in [1.807, 2.05) is 29.2 Å². The number of likely N-dealkylation sites (tertiary alicyclic amines) is 1. The topological polar surface area (TPSA) is 59.2 Å². The van der Waals surface area contributed by atoms with E-state index in [9.17, 15) is 9.18 Å². The molecule has 0 aliphatic carbocycles. The lowest BCUT2D eigenvalue weighted by atomic mass is 9.92. The molecule has 144 valence electrons. The van der Waals surface area contributed by atoms with Gasteiger partial charge in [0.1, 0.15) is 12.1 Å². The number of carbonyl (C=O) groups excluding carboxylic acids is 1. The predicted molar refractivity (Wildman–Crippen MR) is 103 cm³/mol. The molecule has 4 rings (SSSR count). The summed E-state index contributed by atoms with van der Waals surface area (Å²) < 4.78 is 18.5. The molecule has 0 saturated carbocycles. The van der Waals surface area contributed by atoms with Crippen LogP contribution in [0.2, 0.25) is 0 Å². The molecule has 0 atom stereocenters. The van der Waals surface area contributed by atoms with E-state index in [1.165, 1.54) is 12.3 Å². The van der Waals surface area contributed by atoms with Gasteiger partial charge < -0.3 is 9.32 Å². The van der Waals surface area contributed by atoms with E-state index in [-0.39, 0.29) is 11.7 Å². The van der Waals surface area contributed by atoms with Gasteiger partial charge in [0.05, 0.1) is 0 Å². The van der Waals surface area contributed by atoms with Crippen LogP contribution < -0.4 is 0 Å². The number of amides is 1. The Labute approximate surface area is 163 Å². The highest BCUT2D eigenvalue weighted by molar-refractivity contribution is 5.92. The Bertz CT molecular complexity index is 977. The van der Waals surface area contributed by atoms with Gasteiger partial charge in [0.2, 0.25) is 0 Å². The van der Waals surface area contributed by atoms with Crippen molar-refractivity contribution in [3.63, 3.8) is 0 Å². The maximum absolute atomic E-state index is 13.4. The summed E-state index contributed by atoms with van der Waals surface area (Å²) in [6.07, 6.45) is 3.74. The van der Waals surface area contributed by atoms with Crippen LogP contribution >= 0.6 is 0 Å². The van der Waals surface area contributed by atoms with Crippen molar-refractivity contribution in [3.8, 4) is 0 Å². The Morgan fingerprint density at radius 1 is 1.18 bits per heavy atom. The minimum atomic E-state index is -0.229. The van der Waals surface area contributed by atoms with Gasteiger partial charge >= 0.3 is 0 Å². The SMILES string of the molecule is Cc1nc(C(=O)N2CCC(c3cccc(Cc4cccc(F)c4)n3)CC2)co1. The van der Waals surface area contributed by atoms with Gasteiger partial charge in [-0.2, -0.15) is 0 Å². The highest BCUT2D eigenvalue weighted by Crippen LogP contribution is 2.28. The summed E-state index contributed by atoms with van der Waals surface area (Å²) in [6, 6.07) is 12.6. The number of benzene rings is 1. The van der Waals surface area contributed by atoms with E-state index in [1.54, 1.807) is 19.1 Å². The molecule has 0 radical (unpaired) electrons. The molecular formula is C22H22FN3O2. The largest absolute Gasteiger partial charge is 0.448 e. The molecule has 1 fully saturated rings. The van der Waals surface area contributed by atoms with Crippen LogP contribution in [0.25, 0.3) is 0 Å². The van der Waals surface area contributed by atoms with E-state index in [0.29, 0.717) is 37.0 Å². The zero-order valence-corrected chi connectivity index (χ0v) is 15.8. The first-order valence-electron chi connectivity index (χ1n) is 9.50.